The van der Waals surface area contributed by atoms with Gasteiger partial charge in [-0.3, -0.25) is 0 Å². The van der Waals surface area contributed by atoms with Gasteiger partial charge in [0.1, 0.15) is 0 Å². The van der Waals surface area contributed by atoms with Crippen LogP contribution >= 0.6 is 0 Å². The molecule has 6 aromatic rings. The molecule has 0 N–H and O–H groups in total. The fourth-order valence-electron chi connectivity index (χ4n) is 8.10. The van der Waals surface area contributed by atoms with Crippen LogP contribution in [0.2, 0.25) is 0 Å². The van der Waals surface area contributed by atoms with Gasteiger partial charge in [0.2, 0.25) is 0 Å². The molecular formula is C54H69N. The molecule has 55 heavy (non-hydrogen) atoms. The van der Waals surface area contributed by atoms with E-state index in [1.807, 2.05) is 0 Å². The monoisotopic (exact) mass is 732 g/mol. The van der Waals surface area contributed by atoms with Crippen molar-refractivity contribution in [1.29, 1.82) is 0 Å². The highest BCUT2D eigenvalue weighted by Gasteiger charge is 2.30. The van der Waals surface area contributed by atoms with E-state index in [9.17, 15) is 0 Å². The number of benzene rings is 5. The molecule has 0 unspecified atom stereocenters. The third-order valence-corrected chi connectivity index (χ3v) is 11.6. The van der Waals surface area contributed by atoms with E-state index in [2.05, 4.69) is 220 Å². The second kappa shape index (κ2) is 13.2. The molecule has 0 saturated carbocycles. The fourth-order valence-corrected chi connectivity index (χ4v) is 8.10. The van der Waals surface area contributed by atoms with E-state index in [4.69, 9.17) is 0 Å². The van der Waals surface area contributed by atoms with E-state index in [0.717, 1.165) is 0 Å². The summed E-state index contributed by atoms with van der Waals surface area (Å²) < 4.78 is 2.58. The van der Waals surface area contributed by atoms with Crippen molar-refractivity contribution in [1.82, 2.24) is 4.57 Å². The normalized spacial score (nSPS) is 13.6. The second-order valence-electron chi connectivity index (χ2n) is 22.6. The van der Waals surface area contributed by atoms with Crippen LogP contribution in [0, 0.1) is 0 Å². The molecule has 0 fully saturated rings. The Balaban J connectivity index is 1.87. The summed E-state index contributed by atoms with van der Waals surface area (Å²) in [5.74, 6) is 0. The zero-order valence-electron chi connectivity index (χ0n) is 37.6. The molecule has 1 heterocycles. The van der Waals surface area contributed by atoms with Crippen LogP contribution in [0.5, 0.6) is 0 Å². The Kier molecular flexibility index (Phi) is 9.77. The van der Waals surface area contributed by atoms with Gasteiger partial charge in [-0.1, -0.05) is 191 Å². The number of rotatable bonds is 3. The lowest BCUT2D eigenvalue weighted by atomic mass is 9.77. The van der Waals surface area contributed by atoms with Crippen molar-refractivity contribution in [3.8, 4) is 27.9 Å². The summed E-state index contributed by atoms with van der Waals surface area (Å²) in [6.07, 6.45) is 0. The summed E-state index contributed by atoms with van der Waals surface area (Å²) >= 11 is 0. The molecule has 0 radical (unpaired) electrons. The van der Waals surface area contributed by atoms with Crippen LogP contribution in [0.4, 0.5) is 0 Å². The molecule has 0 aliphatic carbocycles. The molecule has 1 nitrogen and oxygen atoms in total. The van der Waals surface area contributed by atoms with Gasteiger partial charge in [-0.05, 0) is 112 Å². The Morgan fingerprint density at radius 2 is 0.764 bits per heavy atom. The molecule has 6 rings (SSSR count). The smallest absolute Gasteiger partial charge is 0.0547 e. The molecule has 0 aliphatic heterocycles. The Labute approximate surface area is 334 Å². The van der Waals surface area contributed by atoms with E-state index in [1.165, 1.54) is 83.1 Å². The van der Waals surface area contributed by atoms with E-state index < -0.39 is 0 Å². The quantitative estimate of drug-likeness (QED) is 0.171. The second-order valence-corrected chi connectivity index (χ2v) is 22.6. The lowest BCUT2D eigenvalue weighted by Crippen LogP contribution is -2.17. The van der Waals surface area contributed by atoms with Gasteiger partial charge < -0.3 is 4.57 Å². The Morgan fingerprint density at radius 3 is 1.24 bits per heavy atom. The number of fused-ring (bicyclic) bond motifs is 3. The molecule has 0 atom stereocenters. The molecule has 0 spiro atoms. The molecule has 0 saturated heterocycles. The molecular weight excluding hydrogens is 663 g/mol. The summed E-state index contributed by atoms with van der Waals surface area (Å²) in [6, 6.07) is 35.9. The molecule has 0 aliphatic rings. The number of hydrogen-bond acceptors (Lipinski definition) is 0. The summed E-state index contributed by atoms with van der Waals surface area (Å²) in [6.45, 7) is 42.3. The summed E-state index contributed by atoms with van der Waals surface area (Å²) in [5, 5.41) is 2.69. The summed E-state index contributed by atoms with van der Waals surface area (Å²) in [5.41, 5.74) is 17.1. The number of nitrogens with zero attached hydrogens (tertiary/aromatic N) is 1. The zero-order chi connectivity index (χ0) is 40.8. The summed E-state index contributed by atoms with van der Waals surface area (Å²) in [4.78, 5) is 0. The van der Waals surface area contributed by atoms with Crippen molar-refractivity contribution in [2.75, 3.05) is 0 Å². The van der Waals surface area contributed by atoms with Gasteiger partial charge in [0, 0.05) is 16.5 Å². The fraction of sp³-hybridized carbons (Fsp3) is 0.444. The molecule has 1 heteroatoms. The SMILES string of the molecule is CC(C)(C)c1cccc(-c2ccc3c(c2C(C)(C)C)c2c(-c4cc(C(C)(C)C)cc(C(C)(C)C)c4)cccc2n3-c2cc(C(C)(C)C)cc(C(C)(C)C)c2)c1. The van der Waals surface area contributed by atoms with Crippen LogP contribution in [-0.4, -0.2) is 4.57 Å². The van der Waals surface area contributed by atoms with Crippen molar-refractivity contribution in [2.45, 2.75) is 157 Å². The van der Waals surface area contributed by atoms with Crippen molar-refractivity contribution in [3.05, 3.63) is 124 Å². The van der Waals surface area contributed by atoms with E-state index in [0.29, 0.717) is 0 Å². The van der Waals surface area contributed by atoms with Gasteiger partial charge in [-0.15, -0.1) is 0 Å². The van der Waals surface area contributed by atoms with Crippen molar-refractivity contribution >= 4 is 21.8 Å². The van der Waals surface area contributed by atoms with Crippen LogP contribution < -0.4 is 0 Å². The van der Waals surface area contributed by atoms with Crippen LogP contribution in [0.25, 0.3) is 49.7 Å². The minimum atomic E-state index is -0.146. The maximum Gasteiger partial charge on any atom is 0.0547 e. The first-order chi connectivity index (χ1) is 25.1. The van der Waals surface area contributed by atoms with Crippen LogP contribution in [0.3, 0.4) is 0 Å². The minimum absolute atomic E-state index is 0.00149. The first-order valence-corrected chi connectivity index (χ1v) is 20.6. The number of hydrogen-bond donors (Lipinski definition) is 0. The van der Waals surface area contributed by atoms with Gasteiger partial charge in [0.25, 0.3) is 0 Å². The first kappa shape index (κ1) is 40.6. The van der Waals surface area contributed by atoms with Gasteiger partial charge in [-0.25, -0.2) is 0 Å². The molecule has 0 amide bonds. The Morgan fingerprint density at radius 1 is 0.327 bits per heavy atom. The van der Waals surface area contributed by atoms with Crippen LogP contribution in [-0.2, 0) is 32.5 Å². The molecule has 1 aromatic heterocycles. The van der Waals surface area contributed by atoms with Crippen molar-refractivity contribution < 1.29 is 0 Å². The zero-order valence-corrected chi connectivity index (χ0v) is 37.6. The van der Waals surface area contributed by atoms with E-state index in [-0.39, 0.29) is 32.5 Å². The van der Waals surface area contributed by atoms with Gasteiger partial charge in [0.15, 0.2) is 0 Å². The lowest BCUT2D eigenvalue weighted by molar-refractivity contribution is 0.567. The number of aromatic nitrogens is 1. The third kappa shape index (κ3) is 7.83. The molecule has 0 bridgehead atoms. The predicted molar refractivity (Wildman–Crippen MR) is 244 cm³/mol. The van der Waals surface area contributed by atoms with Crippen LogP contribution in [0.15, 0.2) is 91.0 Å². The van der Waals surface area contributed by atoms with Crippen molar-refractivity contribution in [2.24, 2.45) is 0 Å². The highest BCUT2D eigenvalue weighted by molar-refractivity contribution is 6.18. The topological polar surface area (TPSA) is 4.93 Å². The Bertz CT molecular complexity index is 2340. The van der Waals surface area contributed by atoms with Gasteiger partial charge in [0.05, 0.1) is 11.0 Å². The van der Waals surface area contributed by atoms with Crippen LogP contribution in [0.1, 0.15) is 158 Å². The maximum atomic E-state index is 2.58. The standard InChI is InChI=1S/C54H69N/c1-49(2,3)36-22-19-21-34(27-36)43-25-26-45-47(48(43)54(16,17)18)46-42(35-28-37(50(4,5)6)30-38(29-35)51(7,8)9)23-20-24-44(46)55(45)41-32-39(52(10,11)12)31-40(33-41)53(13,14)15/h19-33H,1-18H3. The van der Waals surface area contributed by atoms with Gasteiger partial charge >= 0.3 is 0 Å². The Hall–Kier alpha value is -4.10. The minimum Gasteiger partial charge on any atom is -0.309 e. The maximum absolute atomic E-state index is 2.58. The first-order valence-electron chi connectivity index (χ1n) is 20.6. The third-order valence-electron chi connectivity index (χ3n) is 11.6. The average Bonchev–Trinajstić information content (AvgIpc) is 3.39. The molecule has 290 valence electrons. The largest absolute Gasteiger partial charge is 0.309 e. The van der Waals surface area contributed by atoms with E-state index >= 15 is 0 Å². The highest BCUT2D eigenvalue weighted by atomic mass is 15.0. The van der Waals surface area contributed by atoms with Crippen molar-refractivity contribution in [3.63, 3.8) is 0 Å². The van der Waals surface area contributed by atoms with Gasteiger partial charge in [-0.2, -0.15) is 0 Å². The highest BCUT2D eigenvalue weighted by Crippen LogP contribution is 2.48. The lowest BCUT2D eigenvalue weighted by Gasteiger charge is -2.27. The van der Waals surface area contributed by atoms with E-state index in [1.54, 1.807) is 0 Å². The average molecular weight is 732 g/mol. The molecule has 5 aromatic carbocycles. The summed E-state index contributed by atoms with van der Waals surface area (Å²) in [7, 11) is 0. The predicted octanol–water partition coefficient (Wildman–Crippen LogP) is 15.9.